The number of hydrogen-bond donors (Lipinski definition) is 1. The number of carbonyl (C=O) groups excluding carboxylic acids is 1. The molecule has 4 aliphatic carbocycles. The number of ether oxygens (including phenoxy) is 1. The van der Waals surface area contributed by atoms with Crippen molar-refractivity contribution in [2.45, 2.75) is 90.2 Å². The molecule has 0 aromatic carbocycles. The van der Waals surface area contributed by atoms with Crippen LogP contribution in [0.2, 0.25) is 0 Å². The molecule has 1 N–H and O–H groups in total. The second-order valence-corrected chi connectivity index (χ2v) is 12.1. The molecule has 5 aliphatic rings. The standard InChI is InChI=1S/C26H43NO3/c1-17(27-12-14-30-15-13-27)24(28)23-7-6-22-21-5-4-18-16-25(2,29)10-8-19(18)20(21)9-11-26(22,23)3/h17-23,29H,4-16H2,1-3H3/t17?,18-,19+,20-,21-,22+,23-,25-,26+/m1/s1. The van der Waals surface area contributed by atoms with Crippen LogP contribution in [0.25, 0.3) is 0 Å². The molecular weight excluding hydrogens is 374 g/mol. The summed E-state index contributed by atoms with van der Waals surface area (Å²) in [6, 6.07) is 0.0449. The van der Waals surface area contributed by atoms with E-state index in [1.54, 1.807) is 0 Å². The van der Waals surface area contributed by atoms with E-state index in [0.29, 0.717) is 5.78 Å². The Morgan fingerprint density at radius 1 is 0.967 bits per heavy atom. The Morgan fingerprint density at radius 2 is 1.70 bits per heavy atom. The van der Waals surface area contributed by atoms with E-state index in [-0.39, 0.29) is 17.4 Å². The van der Waals surface area contributed by atoms with Gasteiger partial charge in [0.05, 0.1) is 24.9 Å². The number of nitrogens with zero attached hydrogens (tertiary/aromatic N) is 1. The van der Waals surface area contributed by atoms with Crippen molar-refractivity contribution >= 4 is 5.78 Å². The molecule has 0 bridgehead atoms. The first-order chi connectivity index (χ1) is 14.3. The minimum Gasteiger partial charge on any atom is -0.390 e. The summed E-state index contributed by atoms with van der Waals surface area (Å²) >= 11 is 0. The average molecular weight is 418 g/mol. The third-order valence-corrected chi connectivity index (χ3v) is 10.6. The largest absolute Gasteiger partial charge is 0.390 e. The predicted molar refractivity (Wildman–Crippen MR) is 118 cm³/mol. The second kappa shape index (κ2) is 7.85. The Kier molecular flexibility index (Phi) is 5.60. The smallest absolute Gasteiger partial charge is 0.153 e. The summed E-state index contributed by atoms with van der Waals surface area (Å²) in [7, 11) is 0. The van der Waals surface area contributed by atoms with Crippen molar-refractivity contribution in [1.29, 1.82) is 0 Å². The topological polar surface area (TPSA) is 49.8 Å². The molecule has 5 rings (SSSR count). The summed E-state index contributed by atoms with van der Waals surface area (Å²) in [6.07, 6.45) is 10.8. The Balaban J connectivity index is 1.30. The van der Waals surface area contributed by atoms with E-state index >= 15 is 0 Å². The number of hydrogen-bond acceptors (Lipinski definition) is 4. The second-order valence-electron chi connectivity index (χ2n) is 12.1. The number of fused-ring (bicyclic) bond motifs is 5. The van der Waals surface area contributed by atoms with Gasteiger partial charge in [0.2, 0.25) is 0 Å². The molecule has 0 amide bonds. The number of morpholine rings is 1. The molecule has 1 heterocycles. The highest BCUT2D eigenvalue weighted by Crippen LogP contribution is 2.64. The molecule has 1 unspecified atom stereocenters. The quantitative estimate of drug-likeness (QED) is 0.744. The van der Waals surface area contributed by atoms with Crippen molar-refractivity contribution < 1.29 is 14.6 Å². The van der Waals surface area contributed by atoms with Crippen LogP contribution < -0.4 is 0 Å². The van der Waals surface area contributed by atoms with Gasteiger partial charge >= 0.3 is 0 Å². The molecule has 4 saturated carbocycles. The summed E-state index contributed by atoms with van der Waals surface area (Å²) in [6.45, 7) is 10.0. The summed E-state index contributed by atoms with van der Waals surface area (Å²) in [5.74, 6) is 4.75. The molecule has 0 aromatic heterocycles. The number of rotatable bonds is 3. The van der Waals surface area contributed by atoms with Gasteiger partial charge in [-0.15, -0.1) is 0 Å². The van der Waals surface area contributed by atoms with Crippen LogP contribution in [-0.4, -0.2) is 53.7 Å². The van der Waals surface area contributed by atoms with E-state index < -0.39 is 5.60 Å². The maximum Gasteiger partial charge on any atom is 0.153 e. The minimum atomic E-state index is -0.433. The molecule has 30 heavy (non-hydrogen) atoms. The van der Waals surface area contributed by atoms with Gasteiger partial charge in [-0.3, -0.25) is 9.69 Å². The van der Waals surface area contributed by atoms with Crippen molar-refractivity contribution in [3.63, 3.8) is 0 Å². The lowest BCUT2D eigenvalue weighted by Gasteiger charge is -2.57. The van der Waals surface area contributed by atoms with E-state index in [0.717, 1.165) is 75.2 Å². The summed E-state index contributed by atoms with van der Waals surface area (Å²) in [4.78, 5) is 16.0. The predicted octanol–water partition coefficient (Wildman–Crippen LogP) is 4.30. The first kappa shape index (κ1) is 21.4. The fraction of sp³-hybridized carbons (Fsp3) is 0.962. The van der Waals surface area contributed by atoms with Crippen LogP contribution in [0, 0.1) is 40.9 Å². The Bertz CT molecular complexity index is 657. The van der Waals surface area contributed by atoms with Crippen LogP contribution in [0.5, 0.6) is 0 Å². The molecule has 9 atom stereocenters. The van der Waals surface area contributed by atoms with Crippen LogP contribution in [-0.2, 0) is 9.53 Å². The molecule has 1 aliphatic heterocycles. The van der Waals surface area contributed by atoms with Crippen molar-refractivity contribution in [2.75, 3.05) is 26.3 Å². The highest BCUT2D eigenvalue weighted by molar-refractivity contribution is 5.87. The summed E-state index contributed by atoms with van der Waals surface area (Å²) in [5.41, 5.74) is -0.219. The average Bonchev–Trinajstić information content (AvgIpc) is 3.09. The zero-order chi connectivity index (χ0) is 21.1. The monoisotopic (exact) mass is 417 g/mol. The third kappa shape index (κ3) is 3.49. The highest BCUT2D eigenvalue weighted by atomic mass is 16.5. The molecule has 5 fully saturated rings. The summed E-state index contributed by atoms with van der Waals surface area (Å²) in [5, 5.41) is 10.6. The number of Topliss-reactive ketones (excluding diaryl/α,β-unsaturated/α-hetero) is 1. The van der Waals surface area contributed by atoms with Crippen LogP contribution in [0.15, 0.2) is 0 Å². The minimum absolute atomic E-state index is 0.0449. The normalized spacial score (nSPS) is 50.3. The van der Waals surface area contributed by atoms with E-state index in [9.17, 15) is 9.90 Å². The number of carbonyl (C=O) groups is 1. The third-order valence-electron chi connectivity index (χ3n) is 10.6. The van der Waals surface area contributed by atoms with Gasteiger partial charge in [-0.05, 0) is 107 Å². The number of ketones is 1. The molecular formula is C26H43NO3. The van der Waals surface area contributed by atoms with E-state index in [4.69, 9.17) is 4.74 Å². The zero-order valence-electron chi connectivity index (χ0n) is 19.4. The van der Waals surface area contributed by atoms with Crippen molar-refractivity contribution in [3.05, 3.63) is 0 Å². The van der Waals surface area contributed by atoms with Gasteiger partial charge < -0.3 is 9.84 Å². The van der Waals surface area contributed by atoms with Gasteiger partial charge in [0, 0.05) is 19.0 Å². The molecule has 0 radical (unpaired) electrons. The maximum atomic E-state index is 13.7. The van der Waals surface area contributed by atoms with Gasteiger partial charge in [-0.25, -0.2) is 0 Å². The number of aliphatic hydroxyl groups is 1. The van der Waals surface area contributed by atoms with Gasteiger partial charge in [0.1, 0.15) is 0 Å². The molecule has 170 valence electrons. The lowest BCUT2D eigenvalue weighted by molar-refractivity contribution is -0.138. The van der Waals surface area contributed by atoms with Gasteiger partial charge in [-0.1, -0.05) is 6.92 Å². The zero-order valence-corrected chi connectivity index (χ0v) is 19.4. The van der Waals surface area contributed by atoms with E-state index in [2.05, 4.69) is 25.7 Å². The lowest BCUT2D eigenvalue weighted by atomic mass is 9.49. The Hall–Kier alpha value is -0.450. The fourth-order valence-corrected chi connectivity index (χ4v) is 8.98. The first-order valence-corrected chi connectivity index (χ1v) is 12.9. The van der Waals surface area contributed by atoms with Crippen LogP contribution >= 0.6 is 0 Å². The van der Waals surface area contributed by atoms with Gasteiger partial charge in [0.15, 0.2) is 5.78 Å². The van der Waals surface area contributed by atoms with Gasteiger partial charge in [-0.2, -0.15) is 0 Å². The maximum absolute atomic E-state index is 13.7. The molecule has 0 aromatic rings. The lowest BCUT2D eigenvalue weighted by Crippen LogP contribution is -2.53. The van der Waals surface area contributed by atoms with Crippen molar-refractivity contribution in [3.8, 4) is 0 Å². The van der Waals surface area contributed by atoms with Crippen molar-refractivity contribution in [1.82, 2.24) is 4.90 Å². The summed E-state index contributed by atoms with van der Waals surface area (Å²) < 4.78 is 5.51. The molecule has 4 heteroatoms. The van der Waals surface area contributed by atoms with Crippen LogP contribution in [0.3, 0.4) is 0 Å². The van der Waals surface area contributed by atoms with Crippen molar-refractivity contribution in [2.24, 2.45) is 40.9 Å². The Morgan fingerprint density at radius 3 is 2.47 bits per heavy atom. The van der Waals surface area contributed by atoms with Crippen LogP contribution in [0.1, 0.15) is 78.6 Å². The van der Waals surface area contributed by atoms with E-state index in [1.165, 1.54) is 38.5 Å². The molecule has 0 spiro atoms. The molecule has 4 nitrogen and oxygen atoms in total. The fourth-order valence-electron chi connectivity index (χ4n) is 8.98. The van der Waals surface area contributed by atoms with E-state index in [1.807, 2.05) is 0 Å². The molecule has 1 saturated heterocycles. The Labute approximate surface area is 183 Å². The van der Waals surface area contributed by atoms with Gasteiger partial charge in [0.25, 0.3) is 0 Å². The highest BCUT2D eigenvalue weighted by Gasteiger charge is 2.59. The van der Waals surface area contributed by atoms with Crippen LogP contribution in [0.4, 0.5) is 0 Å². The SMILES string of the molecule is CC(C(=O)[C@H]1CC[C@H]2[C@@H]3CC[C@@H]4C[C@](C)(O)CC[C@@H]4[C@H]3CC[C@]12C)N1CCOCC1. The first-order valence-electron chi connectivity index (χ1n) is 12.9.